The standard InChI is InChI=1S/C17H34N2/c1-3-7-16-8-13-19(14-9-16)15-12-17(18-2)10-5-4-6-11-17/h16,18H,3-15H2,1-2H3. The molecule has 19 heavy (non-hydrogen) atoms. The van der Waals surface area contributed by atoms with Gasteiger partial charge >= 0.3 is 0 Å². The predicted molar refractivity (Wildman–Crippen MR) is 83.6 cm³/mol. The van der Waals surface area contributed by atoms with Crippen molar-refractivity contribution < 1.29 is 0 Å². The molecule has 2 fully saturated rings. The molecule has 0 radical (unpaired) electrons. The Hall–Kier alpha value is -0.0800. The van der Waals surface area contributed by atoms with Gasteiger partial charge in [-0.15, -0.1) is 0 Å². The largest absolute Gasteiger partial charge is 0.314 e. The van der Waals surface area contributed by atoms with E-state index < -0.39 is 0 Å². The first-order valence-electron chi connectivity index (χ1n) is 8.69. The van der Waals surface area contributed by atoms with Gasteiger partial charge in [0.25, 0.3) is 0 Å². The molecule has 1 saturated carbocycles. The third-order valence-corrected chi connectivity index (χ3v) is 5.65. The highest BCUT2D eigenvalue weighted by Gasteiger charge is 2.30. The van der Waals surface area contributed by atoms with Crippen LogP contribution in [-0.4, -0.2) is 37.1 Å². The summed E-state index contributed by atoms with van der Waals surface area (Å²) in [6.45, 7) is 6.35. The lowest BCUT2D eigenvalue weighted by Gasteiger charge is -2.40. The first kappa shape index (κ1) is 15.3. The van der Waals surface area contributed by atoms with Crippen molar-refractivity contribution in [2.45, 2.75) is 76.7 Å². The number of piperidine rings is 1. The minimum Gasteiger partial charge on any atom is -0.314 e. The minimum absolute atomic E-state index is 0.471. The van der Waals surface area contributed by atoms with E-state index in [1.165, 1.54) is 83.8 Å². The van der Waals surface area contributed by atoms with Crippen LogP contribution in [0, 0.1) is 5.92 Å². The van der Waals surface area contributed by atoms with Gasteiger partial charge in [0.2, 0.25) is 0 Å². The number of hydrogen-bond donors (Lipinski definition) is 1. The molecule has 0 spiro atoms. The predicted octanol–water partition coefficient (Wildman–Crippen LogP) is 3.81. The van der Waals surface area contributed by atoms with Crippen molar-refractivity contribution in [1.82, 2.24) is 10.2 Å². The molecule has 0 atom stereocenters. The Kier molecular flexibility index (Phi) is 6.15. The van der Waals surface area contributed by atoms with E-state index in [9.17, 15) is 0 Å². The Labute approximate surface area is 120 Å². The number of nitrogens with one attached hydrogen (secondary N) is 1. The number of nitrogens with zero attached hydrogens (tertiary/aromatic N) is 1. The lowest BCUT2D eigenvalue weighted by Crippen LogP contribution is -2.47. The molecule has 112 valence electrons. The molecule has 2 heteroatoms. The van der Waals surface area contributed by atoms with E-state index in [1.54, 1.807) is 0 Å². The molecule has 1 aliphatic carbocycles. The van der Waals surface area contributed by atoms with Crippen molar-refractivity contribution in [2.24, 2.45) is 5.92 Å². The first-order valence-corrected chi connectivity index (χ1v) is 8.69. The van der Waals surface area contributed by atoms with Gasteiger partial charge in [0, 0.05) is 5.54 Å². The van der Waals surface area contributed by atoms with Gasteiger partial charge in [-0.25, -0.2) is 0 Å². The number of hydrogen-bond acceptors (Lipinski definition) is 2. The van der Waals surface area contributed by atoms with E-state index in [0.717, 1.165) is 5.92 Å². The van der Waals surface area contributed by atoms with E-state index in [2.05, 4.69) is 24.2 Å². The summed E-state index contributed by atoms with van der Waals surface area (Å²) in [4.78, 5) is 2.72. The topological polar surface area (TPSA) is 15.3 Å². The molecule has 0 aromatic rings. The summed E-state index contributed by atoms with van der Waals surface area (Å²) in [5, 5.41) is 3.66. The molecule has 1 N–H and O–H groups in total. The van der Waals surface area contributed by atoms with Crippen molar-refractivity contribution in [3.8, 4) is 0 Å². The Bertz CT molecular complexity index is 238. The molecule has 1 aliphatic heterocycles. The highest BCUT2D eigenvalue weighted by Crippen LogP contribution is 2.31. The summed E-state index contributed by atoms with van der Waals surface area (Å²) >= 11 is 0. The van der Waals surface area contributed by atoms with Crippen molar-refractivity contribution >= 4 is 0 Å². The molecule has 0 aromatic heterocycles. The Morgan fingerprint density at radius 3 is 2.37 bits per heavy atom. The molecule has 0 bridgehead atoms. The van der Waals surface area contributed by atoms with E-state index in [4.69, 9.17) is 0 Å². The number of likely N-dealkylation sites (tertiary alicyclic amines) is 1. The molecule has 2 rings (SSSR count). The van der Waals surface area contributed by atoms with Gasteiger partial charge in [-0.1, -0.05) is 39.0 Å². The smallest absolute Gasteiger partial charge is 0.0190 e. The summed E-state index contributed by atoms with van der Waals surface area (Å²) in [7, 11) is 2.18. The Morgan fingerprint density at radius 1 is 1.11 bits per heavy atom. The van der Waals surface area contributed by atoms with Gasteiger partial charge in [0.1, 0.15) is 0 Å². The molecule has 1 heterocycles. The first-order chi connectivity index (χ1) is 9.28. The van der Waals surface area contributed by atoms with Crippen molar-refractivity contribution in [1.29, 1.82) is 0 Å². The highest BCUT2D eigenvalue weighted by atomic mass is 15.1. The third kappa shape index (κ3) is 4.46. The van der Waals surface area contributed by atoms with E-state index in [-0.39, 0.29) is 0 Å². The fraction of sp³-hybridized carbons (Fsp3) is 1.00. The monoisotopic (exact) mass is 266 g/mol. The zero-order valence-electron chi connectivity index (χ0n) is 13.2. The summed E-state index contributed by atoms with van der Waals surface area (Å²) in [5.74, 6) is 1.02. The van der Waals surface area contributed by atoms with Crippen LogP contribution in [0.2, 0.25) is 0 Å². The zero-order valence-corrected chi connectivity index (χ0v) is 13.2. The minimum atomic E-state index is 0.471. The molecule has 0 unspecified atom stereocenters. The molecule has 2 aliphatic rings. The van der Waals surface area contributed by atoms with Crippen LogP contribution in [-0.2, 0) is 0 Å². The maximum atomic E-state index is 3.66. The van der Waals surface area contributed by atoms with Crippen LogP contribution in [0.3, 0.4) is 0 Å². The summed E-state index contributed by atoms with van der Waals surface area (Å²) < 4.78 is 0. The fourth-order valence-electron chi connectivity index (χ4n) is 4.13. The van der Waals surface area contributed by atoms with Crippen LogP contribution in [0.1, 0.15) is 71.1 Å². The van der Waals surface area contributed by atoms with Gasteiger partial charge in [-0.3, -0.25) is 0 Å². The Balaban J connectivity index is 1.70. The number of rotatable bonds is 6. The van der Waals surface area contributed by atoms with E-state index >= 15 is 0 Å². The lowest BCUT2D eigenvalue weighted by molar-refractivity contribution is 0.143. The summed E-state index contributed by atoms with van der Waals surface area (Å²) in [6.07, 6.45) is 14.2. The highest BCUT2D eigenvalue weighted by molar-refractivity contribution is 4.90. The second-order valence-corrected chi connectivity index (χ2v) is 6.91. The third-order valence-electron chi connectivity index (χ3n) is 5.65. The molecule has 0 aromatic carbocycles. The molecule has 1 saturated heterocycles. The van der Waals surface area contributed by atoms with Gasteiger partial charge in [-0.2, -0.15) is 0 Å². The zero-order chi connectivity index (χ0) is 13.6. The molecule has 0 amide bonds. The van der Waals surface area contributed by atoms with Gasteiger partial charge in [0.15, 0.2) is 0 Å². The van der Waals surface area contributed by atoms with Crippen LogP contribution in [0.4, 0.5) is 0 Å². The van der Waals surface area contributed by atoms with Crippen molar-refractivity contribution in [3.63, 3.8) is 0 Å². The normalized spacial score (nSPS) is 25.6. The van der Waals surface area contributed by atoms with Crippen LogP contribution in [0.5, 0.6) is 0 Å². The van der Waals surface area contributed by atoms with E-state index in [0.29, 0.717) is 5.54 Å². The van der Waals surface area contributed by atoms with Crippen molar-refractivity contribution in [2.75, 3.05) is 26.7 Å². The molecule has 2 nitrogen and oxygen atoms in total. The summed E-state index contributed by atoms with van der Waals surface area (Å²) in [6, 6.07) is 0. The second-order valence-electron chi connectivity index (χ2n) is 6.91. The second kappa shape index (κ2) is 7.64. The van der Waals surface area contributed by atoms with Crippen LogP contribution < -0.4 is 5.32 Å². The van der Waals surface area contributed by atoms with E-state index in [1.807, 2.05) is 0 Å². The maximum Gasteiger partial charge on any atom is 0.0190 e. The molecular weight excluding hydrogens is 232 g/mol. The van der Waals surface area contributed by atoms with Gasteiger partial charge < -0.3 is 10.2 Å². The maximum absolute atomic E-state index is 3.66. The quantitative estimate of drug-likeness (QED) is 0.786. The SMILES string of the molecule is CCCC1CCN(CCC2(NC)CCCCC2)CC1. The van der Waals surface area contributed by atoms with Crippen LogP contribution in [0.15, 0.2) is 0 Å². The lowest BCUT2D eigenvalue weighted by atomic mass is 9.79. The van der Waals surface area contributed by atoms with Crippen LogP contribution in [0.25, 0.3) is 0 Å². The fourth-order valence-corrected chi connectivity index (χ4v) is 4.13. The van der Waals surface area contributed by atoms with Gasteiger partial charge in [0.05, 0.1) is 0 Å². The van der Waals surface area contributed by atoms with Crippen molar-refractivity contribution in [3.05, 3.63) is 0 Å². The average molecular weight is 266 g/mol. The molecular formula is C17H34N2. The van der Waals surface area contributed by atoms with Crippen LogP contribution >= 0.6 is 0 Å². The summed E-state index contributed by atoms with van der Waals surface area (Å²) in [5.41, 5.74) is 0.471. The Morgan fingerprint density at radius 2 is 1.79 bits per heavy atom. The van der Waals surface area contributed by atoms with Gasteiger partial charge in [-0.05, 0) is 64.7 Å². The average Bonchev–Trinajstić information content (AvgIpc) is 2.48.